The van der Waals surface area contributed by atoms with E-state index in [9.17, 15) is 19.1 Å². The number of ether oxygens (including phenoxy) is 1. The number of hydrogen-bond acceptors (Lipinski definition) is 5. The molecule has 0 spiro atoms. The summed E-state index contributed by atoms with van der Waals surface area (Å²) in [6, 6.07) is 17.5. The van der Waals surface area contributed by atoms with Crippen LogP contribution in [0.15, 0.2) is 72.3 Å². The molecule has 0 bridgehead atoms. The van der Waals surface area contributed by atoms with Crippen molar-refractivity contribution in [3.8, 4) is 5.75 Å². The van der Waals surface area contributed by atoms with Gasteiger partial charge in [-0.3, -0.25) is 14.5 Å². The molecule has 2 saturated heterocycles. The molecule has 1 amide bonds. The standard InChI is InChI=1S/C32H33FN2O4/c1-32(2,3)25-19-21(9-16-26(25)39-4)29(36)27-28(20-7-10-22(33)11-8-20)35(31(38)30(27)37)24-14-12-23(13-15-24)34-17-5-6-18-34/h7-16,19,28,36H,5-6,17-18H2,1-4H3/b29-27-. The van der Waals surface area contributed by atoms with Crippen molar-refractivity contribution in [1.82, 2.24) is 0 Å². The van der Waals surface area contributed by atoms with Gasteiger partial charge in [0.05, 0.1) is 18.7 Å². The van der Waals surface area contributed by atoms with Crippen molar-refractivity contribution < 1.29 is 23.8 Å². The van der Waals surface area contributed by atoms with Crippen molar-refractivity contribution in [1.29, 1.82) is 0 Å². The van der Waals surface area contributed by atoms with E-state index >= 15 is 0 Å². The van der Waals surface area contributed by atoms with Gasteiger partial charge in [-0.05, 0) is 78.4 Å². The highest BCUT2D eigenvalue weighted by molar-refractivity contribution is 6.51. The lowest BCUT2D eigenvalue weighted by molar-refractivity contribution is -0.132. The summed E-state index contributed by atoms with van der Waals surface area (Å²) >= 11 is 0. The molecule has 3 aromatic carbocycles. The van der Waals surface area contributed by atoms with Gasteiger partial charge in [0.25, 0.3) is 11.7 Å². The van der Waals surface area contributed by atoms with Crippen LogP contribution >= 0.6 is 0 Å². The molecular formula is C32H33FN2O4. The Labute approximate surface area is 228 Å². The maximum absolute atomic E-state index is 13.9. The molecule has 0 aromatic heterocycles. The predicted molar refractivity (Wildman–Crippen MR) is 151 cm³/mol. The normalized spacial score (nSPS) is 19.2. The lowest BCUT2D eigenvalue weighted by Crippen LogP contribution is -2.29. The van der Waals surface area contributed by atoms with Crippen LogP contribution < -0.4 is 14.5 Å². The van der Waals surface area contributed by atoms with E-state index in [0.29, 0.717) is 22.6 Å². The summed E-state index contributed by atoms with van der Waals surface area (Å²) in [5.41, 5.74) is 3.00. The maximum atomic E-state index is 13.9. The third-order valence-corrected chi connectivity index (χ3v) is 7.51. The molecule has 5 rings (SSSR count). The van der Waals surface area contributed by atoms with E-state index in [1.807, 2.05) is 45.0 Å². The van der Waals surface area contributed by atoms with Crippen molar-refractivity contribution >= 4 is 28.8 Å². The van der Waals surface area contributed by atoms with Crippen LogP contribution in [0.5, 0.6) is 5.75 Å². The Morgan fingerprint density at radius 3 is 2.13 bits per heavy atom. The molecular weight excluding hydrogens is 495 g/mol. The average molecular weight is 529 g/mol. The quantitative estimate of drug-likeness (QED) is 0.237. The SMILES string of the molecule is COc1ccc(/C(O)=C2/C(=O)C(=O)N(c3ccc(N4CCCC4)cc3)C2c2ccc(F)cc2)cc1C(C)(C)C. The molecule has 202 valence electrons. The molecule has 1 atom stereocenters. The molecule has 1 N–H and O–H groups in total. The first-order valence-electron chi connectivity index (χ1n) is 13.2. The molecule has 0 saturated carbocycles. The number of anilines is 2. The Bertz CT molecular complexity index is 1430. The Hall–Kier alpha value is -4.13. The van der Waals surface area contributed by atoms with Gasteiger partial charge >= 0.3 is 0 Å². The third kappa shape index (κ3) is 4.89. The molecule has 2 heterocycles. The van der Waals surface area contributed by atoms with Crippen molar-refractivity contribution in [2.24, 2.45) is 0 Å². The fourth-order valence-corrected chi connectivity index (χ4v) is 5.46. The molecule has 7 heteroatoms. The molecule has 1 unspecified atom stereocenters. The van der Waals surface area contributed by atoms with Gasteiger partial charge in [0.1, 0.15) is 17.3 Å². The van der Waals surface area contributed by atoms with Gasteiger partial charge in [-0.15, -0.1) is 0 Å². The van der Waals surface area contributed by atoms with Crippen LogP contribution in [0.1, 0.15) is 56.3 Å². The number of aliphatic hydroxyl groups is 1. The Morgan fingerprint density at radius 2 is 1.54 bits per heavy atom. The first-order valence-corrected chi connectivity index (χ1v) is 13.2. The van der Waals surface area contributed by atoms with Crippen LogP contribution in [0.4, 0.5) is 15.8 Å². The number of carbonyl (C=O) groups is 2. The molecule has 6 nitrogen and oxygen atoms in total. The summed E-state index contributed by atoms with van der Waals surface area (Å²) in [6.07, 6.45) is 2.28. The first-order chi connectivity index (χ1) is 18.6. The number of benzene rings is 3. The van der Waals surface area contributed by atoms with Crippen LogP contribution in [0.3, 0.4) is 0 Å². The Balaban J connectivity index is 1.65. The minimum absolute atomic E-state index is 0.0414. The van der Waals surface area contributed by atoms with Crippen molar-refractivity contribution in [2.45, 2.75) is 45.1 Å². The minimum atomic E-state index is -0.927. The molecule has 3 aromatic rings. The van der Waals surface area contributed by atoms with Crippen LogP contribution in [-0.4, -0.2) is 37.0 Å². The number of nitrogens with zero attached hydrogens (tertiary/aromatic N) is 2. The number of methoxy groups -OCH3 is 1. The number of hydrogen-bond donors (Lipinski definition) is 1. The predicted octanol–water partition coefficient (Wildman–Crippen LogP) is 6.36. The molecule has 0 aliphatic carbocycles. The van der Waals surface area contributed by atoms with E-state index in [-0.39, 0.29) is 16.7 Å². The summed E-state index contributed by atoms with van der Waals surface area (Å²) in [7, 11) is 1.58. The zero-order chi connectivity index (χ0) is 27.9. The monoisotopic (exact) mass is 528 g/mol. The summed E-state index contributed by atoms with van der Waals surface area (Å²) in [5.74, 6) is -1.60. The average Bonchev–Trinajstić information content (AvgIpc) is 3.55. The second-order valence-electron chi connectivity index (χ2n) is 11.1. The van der Waals surface area contributed by atoms with Gasteiger partial charge in [0.15, 0.2) is 0 Å². The van der Waals surface area contributed by atoms with Gasteiger partial charge in [-0.2, -0.15) is 0 Å². The number of halogens is 1. The second-order valence-corrected chi connectivity index (χ2v) is 11.1. The molecule has 0 radical (unpaired) electrons. The van der Waals surface area contributed by atoms with Gasteiger partial charge in [-0.1, -0.05) is 32.9 Å². The first kappa shape index (κ1) is 26.5. The molecule has 39 heavy (non-hydrogen) atoms. The van der Waals surface area contributed by atoms with Crippen LogP contribution in [0, 0.1) is 5.82 Å². The summed E-state index contributed by atoms with van der Waals surface area (Å²) < 4.78 is 19.4. The number of Topliss-reactive ketones (excluding diaryl/α,β-unsaturated/α-hetero) is 1. The van der Waals surface area contributed by atoms with E-state index in [0.717, 1.165) is 37.2 Å². The van der Waals surface area contributed by atoms with Crippen LogP contribution in [0.2, 0.25) is 0 Å². The maximum Gasteiger partial charge on any atom is 0.300 e. The molecule has 2 aliphatic rings. The third-order valence-electron chi connectivity index (χ3n) is 7.51. The van der Waals surface area contributed by atoms with Crippen molar-refractivity contribution in [3.63, 3.8) is 0 Å². The Kier molecular flexibility index (Phi) is 6.93. The second kappa shape index (κ2) is 10.2. The topological polar surface area (TPSA) is 70.1 Å². The number of carbonyl (C=O) groups excluding carboxylic acids is 2. The summed E-state index contributed by atoms with van der Waals surface area (Å²) in [4.78, 5) is 30.7. The lowest BCUT2D eigenvalue weighted by Gasteiger charge is -2.27. The molecule has 2 fully saturated rings. The minimum Gasteiger partial charge on any atom is -0.507 e. The van der Waals surface area contributed by atoms with Gasteiger partial charge in [-0.25, -0.2) is 4.39 Å². The number of amides is 1. The number of ketones is 1. The van der Waals surface area contributed by atoms with Crippen molar-refractivity contribution in [3.05, 3.63) is 94.8 Å². The van der Waals surface area contributed by atoms with Gasteiger partial charge in [0, 0.05) is 35.6 Å². The fourth-order valence-electron chi connectivity index (χ4n) is 5.46. The summed E-state index contributed by atoms with van der Waals surface area (Å²) in [6.45, 7) is 8.05. The summed E-state index contributed by atoms with van der Waals surface area (Å²) in [5, 5.41) is 11.6. The smallest absolute Gasteiger partial charge is 0.300 e. The van der Waals surface area contributed by atoms with Crippen molar-refractivity contribution in [2.75, 3.05) is 30.0 Å². The van der Waals surface area contributed by atoms with Gasteiger partial charge < -0.3 is 14.7 Å². The number of rotatable bonds is 5. The van der Waals surface area contributed by atoms with E-state index in [4.69, 9.17) is 4.74 Å². The van der Waals surface area contributed by atoms with Gasteiger partial charge in [0.2, 0.25) is 0 Å². The highest BCUT2D eigenvalue weighted by Gasteiger charge is 2.47. The van der Waals surface area contributed by atoms with E-state index in [1.54, 1.807) is 37.4 Å². The largest absolute Gasteiger partial charge is 0.507 e. The Morgan fingerprint density at radius 1 is 0.923 bits per heavy atom. The molecule has 2 aliphatic heterocycles. The van der Waals surface area contributed by atoms with Crippen LogP contribution in [-0.2, 0) is 15.0 Å². The van der Waals surface area contributed by atoms with E-state index in [1.165, 1.54) is 17.0 Å². The highest BCUT2D eigenvalue weighted by Crippen LogP contribution is 2.43. The van der Waals surface area contributed by atoms with Crippen LogP contribution in [0.25, 0.3) is 5.76 Å². The lowest BCUT2D eigenvalue weighted by atomic mass is 9.84. The zero-order valence-electron chi connectivity index (χ0n) is 22.7. The fraction of sp³-hybridized carbons (Fsp3) is 0.312. The zero-order valence-corrected chi connectivity index (χ0v) is 22.7. The number of aliphatic hydroxyl groups excluding tert-OH is 1. The van der Waals surface area contributed by atoms with E-state index in [2.05, 4.69) is 4.90 Å². The van der Waals surface area contributed by atoms with E-state index < -0.39 is 23.5 Å². The highest BCUT2D eigenvalue weighted by atomic mass is 19.1.